The molecule has 1 aromatic heterocycles. The summed E-state index contributed by atoms with van der Waals surface area (Å²) in [5, 5.41) is 7.95. The highest BCUT2D eigenvalue weighted by atomic mass is 28.3. The summed E-state index contributed by atoms with van der Waals surface area (Å²) in [7, 11) is -2.73. The van der Waals surface area contributed by atoms with Crippen LogP contribution in [0.25, 0.3) is 44.2 Å². The Kier molecular flexibility index (Phi) is 6.87. The van der Waals surface area contributed by atoms with Gasteiger partial charge in [-0.1, -0.05) is 147 Å². The number of hydrogen-bond acceptors (Lipinski definition) is 2. The highest BCUT2D eigenvalue weighted by Crippen LogP contribution is 2.51. The molecule has 1 aliphatic heterocycles. The lowest BCUT2D eigenvalue weighted by atomic mass is 9.82. The highest BCUT2D eigenvalue weighted by Gasteiger charge is 2.48. The number of fused-ring (bicyclic) bond motifs is 9. The summed E-state index contributed by atoms with van der Waals surface area (Å²) in [4.78, 5) is 2.46. The lowest BCUT2D eigenvalue weighted by Gasteiger charge is -2.34. The molecule has 11 rings (SSSR count). The van der Waals surface area contributed by atoms with Gasteiger partial charge in [-0.15, -0.1) is 0 Å². The number of hydrogen-bond donors (Lipinski definition) is 0. The van der Waals surface area contributed by atoms with Crippen molar-refractivity contribution in [3.63, 3.8) is 0 Å². The van der Waals surface area contributed by atoms with Gasteiger partial charge in [0.05, 0.1) is 0 Å². The molecule has 0 saturated carbocycles. The zero-order valence-electron chi connectivity index (χ0n) is 31.2. The van der Waals surface area contributed by atoms with Crippen molar-refractivity contribution in [3.05, 3.63) is 199 Å². The van der Waals surface area contributed by atoms with E-state index in [1.165, 1.54) is 59.7 Å². The van der Waals surface area contributed by atoms with Crippen LogP contribution in [-0.4, -0.2) is 8.07 Å². The Hall–Kier alpha value is -6.42. The van der Waals surface area contributed by atoms with Crippen molar-refractivity contribution in [2.24, 2.45) is 0 Å². The molecular weight excluding hydrogens is 683 g/mol. The third kappa shape index (κ3) is 4.54. The van der Waals surface area contributed by atoms with Crippen molar-refractivity contribution in [1.82, 2.24) is 0 Å². The van der Waals surface area contributed by atoms with Crippen LogP contribution in [-0.2, 0) is 5.41 Å². The molecular formula is C52H39NOSi. The van der Waals surface area contributed by atoms with Gasteiger partial charge >= 0.3 is 0 Å². The molecule has 0 bridgehead atoms. The number of benzene rings is 8. The Balaban J connectivity index is 1.18. The van der Waals surface area contributed by atoms with Crippen LogP contribution >= 0.6 is 0 Å². The van der Waals surface area contributed by atoms with Gasteiger partial charge in [-0.2, -0.15) is 0 Å². The second-order valence-electron chi connectivity index (χ2n) is 15.8. The van der Waals surface area contributed by atoms with E-state index in [1.54, 1.807) is 0 Å². The second-order valence-corrected chi connectivity index (χ2v) is 19.5. The zero-order valence-corrected chi connectivity index (χ0v) is 32.2. The van der Waals surface area contributed by atoms with Gasteiger partial charge in [-0.05, 0) is 109 Å². The first-order valence-corrected chi connectivity index (χ1v) is 21.3. The minimum Gasteiger partial charge on any atom is -0.456 e. The molecule has 8 aromatic carbocycles. The van der Waals surface area contributed by atoms with Crippen LogP contribution in [0.3, 0.4) is 0 Å². The van der Waals surface area contributed by atoms with Gasteiger partial charge in [0.15, 0.2) is 8.07 Å². The lowest BCUT2D eigenvalue weighted by Crippen LogP contribution is -2.72. The van der Waals surface area contributed by atoms with Crippen LogP contribution in [0.1, 0.15) is 30.5 Å². The molecule has 9 aromatic rings. The fourth-order valence-electron chi connectivity index (χ4n) is 9.95. The van der Waals surface area contributed by atoms with Crippen molar-refractivity contribution in [1.29, 1.82) is 0 Å². The molecule has 262 valence electrons. The van der Waals surface area contributed by atoms with Crippen molar-refractivity contribution in [2.45, 2.75) is 26.2 Å². The summed E-state index contributed by atoms with van der Waals surface area (Å²) in [5.41, 5.74) is 14.3. The topological polar surface area (TPSA) is 16.4 Å². The summed E-state index contributed by atoms with van der Waals surface area (Å²) < 4.78 is 6.53. The average molecular weight is 722 g/mol. The van der Waals surface area contributed by atoms with Gasteiger partial charge in [0.1, 0.15) is 11.2 Å². The Morgan fingerprint density at radius 1 is 0.436 bits per heavy atom. The SMILES string of the molecule is Cc1cc(N(c2ccc3c(c2)C(C)(C)c2ccccc2-3)c2ccc3c(c2)oc2ccccc23)cc([Si]2(c3ccccc3)c3ccccc3-c3ccccc32)c1. The molecule has 3 heteroatoms. The molecule has 2 heterocycles. The predicted octanol–water partition coefficient (Wildman–Crippen LogP) is 11.0. The largest absolute Gasteiger partial charge is 0.456 e. The molecule has 55 heavy (non-hydrogen) atoms. The normalized spacial score (nSPS) is 14.4. The van der Waals surface area contributed by atoms with Gasteiger partial charge in [-0.25, -0.2) is 0 Å². The van der Waals surface area contributed by atoms with Crippen molar-refractivity contribution in [2.75, 3.05) is 4.90 Å². The number of rotatable bonds is 5. The van der Waals surface area contributed by atoms with E-state index < -0.39 is 8.07 Å². The van der Waals surface area contributed by atoms with E-state index in [-0.39, 0.29) is 5.41 Å². The van der Waals surface area contributed by atoms with E-state index >= 15 is 0 Å². The van der Waals surface area contributed by atoms with Crippen LogP contribution in [0, 0.1) is 6.92 Å². The summed E-state index contributed by atoms with van der Waals surface area (Å²) in [6.45, 7) is 6.98. The molecule has 0 fully saturated rings. The first kappa shape index (κ1) is 32.0. The number of furan rings is 1. The zero-order chi connectivity index (χ0) is 36.9. The molecule has 0 amide bonds. The Morgan fingerprint density at radius 2 is 1.04 bits per heavy atom. The Labute approximate surface area is 323 Å². The van der Waals surface area contributed by atoms with Gasteiger partial charge in [0.2, 0.25) is 0 Å². The molecule has 0 N–H and O–H groups in total. The summed E-state index contributed by atoms with van der Waals surface area (Å²) >= 11 is 0. The molecule has 0 saturated heterocycles. The monoisotopic (exact) mass is 721 g/mol. The molecule has 2 aliphatic rings. The Bertz CT molecular complexity index is 2950. The van der Waals surface area contributed by atoms with Crippen molar-refractivity contribution in [3.8, 4) is 22.3 Å². The average Bonchev–Trinajstić information content (AvgIpc) is 3.82. The number of nitrogens with zero attached hydrogens (tertiary/aromatic N) is 1. The first-order chi connectivity index (χ1) is 26.9. The summed E-state index contributed by atoms with van der Waals surface area (Å²) in [6.07, 6.45) is 0. The molecule has 0 unspecified atom stereocenters. The quantitative estimate of drug-likeness (QED) is 0.165. The Morgan fingerprint density at radius 3 is 1.82 bits per heavy atom. The highest BCUT2D eigenvalue weighted by molar-refractivity contribution is 7.22. The fourth-order valence-corrected chi connectivity index (χ4v) is 15.3. The molecule has 0 spiro atoms. The standard InChI is InChI=1S/C52H39NOSi/c1-34-29-37(31-39(30-34)55(38-15-5-4-6-16-38)50-23-13-9-19-44(50)45-20-10-14-24-51(45)55)53(36-26-28-43-42-18-8-12-22-48(42)54-49(43)33-36)35-25-27-41-40-17-7-11-21-46(40)52(2,3)47(41)32-35/h4-33H,1-3H3. The van der Waals surface area contributed by atoms with E-state index in [9.17, 15) is 0 Å². The number of anilines is 3. The lowest BCUT2D eigenvalue weighted by molar-refractivity contribution is 0.660. The predicted molar refractivity (Wildman–Crippen MR) is 233 cm³/mol. The second kappa shape index (κ2) is 11.8. The van der Waals surface area contributed by atoms with Gasteiger partial charge in [-0.3, -0.25) is 0 Å². The van der Waals surface area contributed by atoms with Gasteiger partial charge in [0.25, 0.3) is 0 Å². The van der Waals surface area contributed by atoms with Crippen LogP contribution < -0.4 is 25.6 Å². The van der Waals surface area contributed by atoms with E-state index in [4.69, 9.17) is 4.42 Å². The van der Waals surface area contributed by atoms with Crippen molar-refractivity contribution >= 4 is 67.8 Å². The van der Waals surface area contributed by atoms with E-state index in [0.29, 0.717) is 0 Å². The van der Waals surface area contributed by atoms with Crippen LogP contribution in [0.15, 0.2) is 186 Å². The molecule has 1 aliphatic carbocycles. The summed E-state index contributed by atoms with van der Waals surface area (Å²) in [5.74, 6) is 0. The molecule has 0 radical (unpaired) electrons. The minimum atomic E-state index is -2.73. The maximum Gasteiger partial charge on any atom is 0.180 e. The van der Waals surface area contributed by atoms with Crippen LogP contribution in [0.2, 0.25) is 0 Å². The number of aryl methyl sites for hydroxylation is 1. The van der Waals surface area contributed by atoms with Gasteiger partial charge in [0, 0.05) is 39.3 Å². The molecule has 2 nitrogen and oxygen atoms in total. The van der Waals surface area contributed by atoms with E-state index in [0.717, 1.165) is 39.0 Å². The third-order valence-electron chi connectivity index (χ3n) is 12.4. The van der Waals surface area contributed by atoms with E-state index in [2.05, 4.69) is 202 Å². The van der Waals surface area contributed by atoms with Crippen LogP contribution in [0.4, 0.5) is 17.1 Å². The third-order valence-corrected chi connectivity index (χ3v) is 17.2. The van der Waals surface area contributed by atoms with Gasteiger partial charge < -0.3 is 9.32 Å². The van der Waals surface area contributed by atoms with Crippen LogP contribution in [0.5, 0.6) is 0 Å². The number of para-hydroxylation sites is 1. The summed E-state index contributed by atoms with van der Waals surface area (Å²) in [6, 6.07) is 67.9. The van der Waals surface area contributed by atoms with Crippen molar-refractivity contribution < 1.29 is 4.42 Å². The smallest absolute Gasteiger partial charge is 0.180 e. The molecule has 0 atom stereocenters. The van der Waals surface area contributed by atoms with E-state index in [1.807, 2.05) is 6.07 Å². The first-order valence-electron chi connectivity index (χ1n) is 19.3. The fraction of sp³-hybridized carbons (Fsp3) is 0.0769. The minimum absolute atomic E-state index is 0.129. The maximum absolute atomic E-state index is 6.53. The maximum atomic E-state index is 6.53.